The van der Waals surface area contributed by atoms with Gasteiger partial charge in [0.05, 0.1) is 12.1 Å². The number of hydrogen-bond donors (Lipinski definition) is 2. The first-order valence-electron chi connectivity index (χ1n) is 7.29. The van der Waals surface area contributed by atoms with Gasteiger partial charge < -0.3 is 15.4 Å². The lowest BCUT2D eigenvalue weighted by atomic mass is 10.1. The van der Waals surface area contributed by atoms with Crippen LogP contribution in [0.15, 0.2) is 29.3 Å². The number of methoxy groups -OCH3 is 1. The number of hydrogen-bond acceptors (Lipinski definition) is 2. The number of nitrogens with one attached hydrogen (secondary N) is 2. The van der Waals surface area contributed by atoms with E-state index < -0.39 is 0 Å². The zero-order chi connectivity index (χ0) is 15.7. The Morgan fingerprint density at radius 1 is 1.29 bits per heavy atom. The number of rotatable bonds is 7. The lowest BCUT2D eigenvalue weighted by Gasteiger charge is -2.21. The van der Waals surface area contributed by atoms with Crippen molar-refractivity contribution in [3.8, 4) is 0 Å². The minimum absolute atomic E-state index is 0.165. The number of aliphatic imine (C=N–C) groups is 1. The zero-order valence-corrected chi connectivity index (χ0v) is 13.4. The third-order valence-electron chi connectivity index (χ3n) is 3.16. The van der Waals surface area contributed by atoms with Crippen LogP contribution in [0.25, 0.3) is 0 Å². The van der Waals surface area contributed by atoms with Crippen LogP contribution in [0, 0.1) is 5.82 Å². The van der Waals surface area contributed by atoms with E-state index in [0.29, 0.717) is 25.1 Å². The van der Waals surface area contributed by atoms with Gasteiger partial charge in [-0.2, -0.15) is 0 Å². The summed E-state index contributed by atoms with van der Waals surface area (Å²) in [6.07, 6.45) is 0.616. The Bertz CT molecular complexity index is 461. The highest BCUT2D eigenvalue weighted by molar-refractivity contribution is 5.79. The third kappa shape index (κ3) is 6.58. The number of benzene rings is 1. The molecule has 0 heterocycles. The third-order valence-corrected chi connectivity index (χ3v) is 3.16. The second-order valence-electron chi connectivity index (χ2n) is 5.43. The van der Waals surface area contributed by atoms with E-state index in [1.54, 1.807) is 19.2 Å². The van der Waals surface area contributed by atoms with Crippen LogP contribution in [0.3, 0.4) is 0 Å². The molecular weight excluding hydrogens is 269 g/mol. The SMILES string of the molecule is CCNC(=NCC(C)(C)OC)NCCc1ccccc1F. The van der Waals surface area contributed by atoms with Gasteiger partial charge in [0.1, 0.15) is 5.82 Å². The summed E-state index contributed by atoms with van der Waals surface area (Å²) in [6.45, 7) is 7.94. The number of nitrogens with zero attached hydrogens (tertiary/aromatic N) is 1. The van der Waals surface area contributed by atoms with Gasteiger partial charge in [0, 0.05) is 20.2 Å². The summed E-state index contributed by atoms with van der Waals surface area (Å²) in [5, 5.41) is 6.38. The summed E-state index contributed by atoms with van der Waals surface area (Å²) >= 11 is 0. The summed E-state index contributed by atoms with van der Waals surface area (Å²) < 4.78 is 18.9. The van der Waals surface area contributed by atoms with Crippen LogP contribution in [-0.4, -0.2) is 38.3 Å². The molecule has 0 saturated carbocycles. The molecular formula is C16H26FN3O. The Morgan fingerprint density at radius 2 is 2.00 bits per heavy atom. The maximum Gasteiger partial charge on any atom is 0.191 e. The van der Waals surface area contributed by atoms with Crippen LogP contribution >= 0.6 is 0 Å². The second kappa shape index (κ2) is 8.62. The van der Waals surface area contributed by atoms with E-state index >= 15 is 0 Å². The Labute approximate surface area is 126 Å². The molecule has 2 N–H and O–H groups in total. The van der Waals surface area contributed by atoms with Crippen molar-refractivity contribution in [1.82, 2.24) is 10.6 Å². The fourth-order valence-electron chi connectivity index (χ4n) is 1.69. The number of ether oxygens (including phenoxy) is 1. The minimum Gasteiger partial charge on any atom is -0.377 e. The highest BCUT2D eigenvalue weighted by atomic mass is 19.1. The van der Waals surface area contributed by atoms with Crippen molar-refractivity contribution in [3.05, 3.63) is 35.6 Å². The van der Waals surface area contributed by atoms with Crippen LogP contribution in [0.5, 0.6) is 0 Å². The second-order valence-corrected chi connectivity index (χ2v) is 5.43. The molecule has 0 aromatic heterocycles. The van der Waals surface area contributed by atoms with Crippen molar-refractivity contribution in [3.63, 3.8) is 0 Å². The highest BCUT2D eigenvalue weighted by Gasteiger charge is 2.15. The summed E-state index contributed by atoms with van der Waals surface area (Å²) in [4.78, 5) is 4.49. The Balaban J connectivity index is 2.51. The van der Waals surface area contributed by atoms with E-state index in [9.17, 15) is 4.39 Å². The Morgan fingerprint density at radius 3 is 2.62 bits per heavy atom. The average Bonchev–Trinajstić information content (AvgIpc) is 2.47. The molecule has 0 atom stereocenters. The molecule has 0 aliphatic carbocycles. The first-order valence-corrected chi connectivity index (χ1v) is 7.29. The van der Waals surface area contributed by atoms with Gasteiger partial charge in [-0.1, -0.05) is 18.2 Å². The van der Waals surface area contributed by atoms with Crippen molar-refractivity contribution in [2.45, 2.75) is 32.8 Å². The molecule has 1 rings (SSSR count). The lowest BCUT2D eigenvalue weighted by molar-refractivity contribution is 0.0310. The summed E-state index contributed by atoms with van der Waals surface area (Å²) in [5.41, 5.74) is 0.409. The van der Waals surface area contributed by atoms with Gasteiger partial charge in [-0.05, 0) is 38.8 Å². The molecule has 5 heteroatoms. The smallest absolute Gasteiger partial charge is 0.191 e. The van der Waals surface area contributed by atoms with Crippen LogP contribution in [0.2, 0.25) is 0 Å². The molecule has 0 fully saturated rings. The highest BCUT2D eigenvalue weighted by Crippen LogP contribution is 2.07. The van der Waals surface area contributed by atoms with Gasteiger partial charge in [-0.3, -0.25) is 4.99 Å². The van der Waals surface area contributed by atoms with Crippen molar-refractivity contribution in [2.24, 2.45) is 4.99 Å². The Kier molecular flexibility index (Phi) is 7.15. The maximum atomic E-state index is 13.5. The largest absolute Gasteiger partial charge is 0.377 e. The van der Waals surface area contributed by atoms with Crippen molar-refractivity contribution in [2.75, 3.05) is 26.7 Å². The number of guanidine groups is 1. The zero-order valence-electron chi connectivity index (χ0n) is 13.4. The van der Waals surface area contributed by atoms with Crippen LogP contribution in [0.1, 0.15) is 26.3 Å². The Hall–Kier alpha value is -1.62. The average molecular weight is 295 g/mol. The van der Waals surface area contributed by atoms with E-state index in [2.05, 4.69) is 15.6 Å². The molecule has 0 aliphatic heterocycles. The van der Waals surface area contributed by atoms with Crippen molar-refractivity contribution in [1.29, 1.82) is 0 Å². The van der Waals surface area contributed by atoms with Crippen molar-refractivity contribution < 1.29 is 9.13 Å². The molecule has 0 spiro atoms. The molecule has 1 aromatic rings. The molecule has 0 radical (unpaired) electrons. The predicted octanol–water partition coefficient (Wildman–Crippen LogP) is 2.35. The minimum atomic E-state index is -0.298. The molecule has 1 aromatic carbocycles. The molecule has 0 aliphatic rings. The van der Waals surface area contributed by atoms with E-state index in [1.165, 1.54) is 6.07 Å². The van der Waals surface area contributed by atoms with E-state index in [1.807, 2.05) is 26.8 Å². The predicted molar refractivity (Wildman–Crippen MR) is 85.2 cm³/mol. The molecule has 0 saturated heterocycles. The van der Waals surface area contributed by atoms with Gasteiger partial charge in [-0.25, -0.2) is 4.39 Å². The topological polar surface area (TPSA) is 45.7 Å². The van der Waals surface area contributed by atoms with Crippen LogP contribution in [-0.2, 0) is 11.2 Å². The molecule has 118 valence electrons. The van der Waals surface area contributed by atoms with Gasteiger partial charge >= 0.3 is 0 Å². The first kappa shape index (κ1) is 17.4. The molecule has 0 bridgehead atoms. The summed E-state index contributed by atoms with van der Waals surface area (Å²) in [7, 11) is 1.67. The lowest BCUT2D eigenvalue weighted by Crippen LogP contribution is -2.40. The molecule has 0 unspecified atom stereocenters. The fraction of sp³-hybridized carbons (Fsp3) is 0.562. The monoisotopic (exact) mass is 295 g/mol. The quantitative estimate of drug-likeness (QED) is 0.599. The van der Waals surface area contributed by atoms with E-state index in [0.717, 1.165) is 12.5 Å². The van der Waals surface area contributed by atoms with Gasteiger partial charge in [0.15, 0.2) is 5.96 Å². The summed E-state index contributed by atoms with van der Waals surface area (Å²) in [6, 6.07) is 6.83. The summed E-state index contributed by atoms with van der Waals surface area (Å²) in [5.74, 6) is 0.556. The van der Waals surface area contributed by atoms with Crippen LogP contribution < -0.4 is 10.6 Å². The molecule has 4 nitrogen and oxygen atoms in total. The molecule has 21 heavy (non-hydrogen) atoms. The van der Waals surface area contributed by atoms with Gasteiger partial charge in [0.25, 0.3) is 0 Å². The fourth-order valence-corrected chi connectivity index (χ4v) is 1.69. The molecule has 0 amide bonds. The van der Waals surface area contributed by atoms with E-state index in [4.69, 9.17) is 4.74 Å². The van der Waals surface area contributed by atoms with Crippen LogP contribution in [0.4, 0.5) is 4.39 Å². The van der Waals surface area contributed by atoms with E-state index in [-0.39, 0.29) is 11.4 Å². The first-order chi connectivity index (χ1) is 9.98. The van der Waals surface area contributed by atoms with Gasteiger partial charge in [0.2, 0.25) is 0 Å². The number of halogens is 1. The maximum absolute atomic E-state index is 13.5. The van der Waals surface area contributed by atoms with Gasteiger partial charge in [-0.15, -0.1) is 0 Å². The van der Waals surface area contributed by atoms with Crippen molar-refractivity contribution >= 4 is 5.96 Å². The normalized spacial score (nSPS) is 12.3. The standard InChI is InChI=1S/C16H26FN3O/c1-5-18-15(20-12-16(2,3)21-4)19-11-10-13-8-6-7-9-14(13)17/h6-9H,5,10-12H2,1-4H3,(H2,18,19,20).